The number of rotatable bonds is 4. The number of hydrogen-bond acceptors (Lipinski definition) is 7. The molecule has 5 rings (SSSR count). The summed E-state index contributed by atoms with van der Waals surface area (Å²) < 4.78 is 5.88. The van der Waals surface area contributed by atoms with Gasteiger partial charge in [-0.3, -0.25) is 9.78 Å². The fraction of sp³-hybridized carbons (Fsp3) is 0.211. The highest BCUT2D eigenvalue weighted by Gasteiger charge is 2.51. The summed E-state index contributed by atoms with van der Waals surface area (Å²) in [7, 11) is 1.80. The van der Waals surface area contributed by atoms with E-state index in [1.165, 1.54) is 0 Å². The molecule has 0 saturated heterocycles. The van der Waals surface area contributed by atoms with Gasteiger partial charge in [-0.15, -0.1) is 0 Å². The van der Waals surface area contributed by atoms with Crippen molar-refractivity contribution in [3.05, 3.63) is 42.5 Å². The standard InChI is InChI=1S/C19H16N6O2/c1-21-15-11-8-23-14(19(4-5-19)18(20)26)7-10(11)12(9-24-15)17-25-16-13(27-17)3-2-6-22-16/h2-3,6-9H,4-5H2,1H3,(H2,20,26)(H,21,24). The van der Waals surface area contributed by atoms with E-state index < -0.39 is 5.41 Å². The zero-order chi connectivity index (χ0) is 18.6. The van der Waals surface area contributed by atoms with Crippen molar-refractivity contribution in [2.45, 2.75) is 18.3 Å². The molecule has 0 atom stereocenters. The smallest absolute Gasteiger partial charge is 0.231 e. The Bertz CT molecular complexity index is 1180. The van der Waals surface area contributed by atoms with Crippen LogP contribution in [0.5, 0.6) is 0 Å². The maximum Gasteiger partial charge on any atom is 0.231 e. The van der Waals surface area contributed by atoms with Crippen LogP contribution in [0.1, 0.15) is 18.5 Å². The summed E-state index contributed by atoms with van der Waals surface area (Å²) >= 11 is 0. The van der Waals surface area contributed by atoms with Crippen molar-refractivity contribution in [3.8, 4) is 11.5 Å². The molecule has 4 heterocycles. The molecule has 0 spiro atoms. The predicted octanol–water partition coefficient (Wildman–Crippen LogP) is 2.39. The monoisotopic (exact) mass is 360 g/mol. The van der Waals surface area contributed by atoms with E-state index in [-0.39, 0.29) is 5.91 Å². The van der Waals surface area contributed by atoms with Crippen molar-refractivity contribution in [1.82, 2.24) is 19.9 Å². The summed E-state index contributed by atoms with van der Waals surface area (Å²) in [5, 5.41) is 4.73. The second-order valence-electron chi connectivity index (χ2n) is 6.68. The van der Waals surface area contributed by atoms with Gasteiger partial charge in [-0.25, -0.2) is 9.97 Å². The van der Waals surface area contributed by atoms with Crippen LogP contribution in [-0.2, 0) is 10.2 Å². The highest BCUT2D eigenvalue weighted by molar-refractivity contribution is 6.01. The van der Waals surface area contributed by atoms with Crippen molar-refractivity contribution >= 4 is 33.7 Å². The molecule has 1 aliphatic rings. The fourth-order valence-corrected chi connectivity index (χ4v) is 3.40. The number of hydrogen-bond donors (Lipinski definition) is 2. The molecular formula is C19H16N6O2. The van der Waals surface area contributed by atoms with Gasteiger partial charge in [0, 0.05) is 36.4 Å². The van der Waals surface area contributed by atoms with Crippen LogP contribution in [0.15, 0.2) is 41.2 Å². The van der Waals surface area contributed by atoms with Crippen LogP contribution in [0.4, 0.5) is 5.82 Å². The molecule has 1 aliphatic carbocycles. The van der Waals surface area contributed by atoms with Gasteiger partial charge < -0.3 is 15.5 Å². The lowest BCUT2D eigenvalue weighted by atomic mass is 9.98. The lowest BCUT2D eigenvalue weighted by Gasteiger charge is -2.13. The van der Waals surface area contributed by atoms with Gasteiger partial charge in [-0.1, -0.05) is 0 Å². The number of aromatic nitrogens is 4. The van der Waals surface area contributed by atoms with E-state index in [0.29, 0.717) is 47.0 Å². The zero-order valence-electron chi connectivity index (χ0n) is 14.6. The van der Waals surface area contributed by atoms with Gasteiger partial charge in [-0.05, 0) is 31.0 Å². The number of carbonyl (C=O) groups is 1. The van der Waals surface area contributed by atoms with Gasteiger partial charge in [-0.2, -0.15) is 4.98 Å². The summed E-state index contributed by atoms with van der Waals surface area (Å²) in [5.41, 5.74) is 7.47. The number of anilines is 1. The average Bonchev–Trinajstić information content (AvgIpc) is 3.40. The minimum atomic E-state index is -0.669. The summed E-state index contributed by atoms with van der Waals surface area (Å²) in [5.74, 6) is 0.765. The molecule has 1 fully saturated rings. The Morgan fingerprint density at radius 2 is 2.07 bits per heavy atom. The molecular weight excluding hydrogens is 344 g/mol. The minimum absolute atomic E-state index is 0.343. The molecule has 0 radical (unpaired) electrons. The van der Waals surface area contributed by atoms with Crippen LogP contribution in [0, 0.1) is 0 Å². The van der Waals surface area contributed by atoms with Crippen molar-refractivity contribution in [2.75, 3.05) is 12.4 Å². The molecule has 0 unspecified atom stereocenters. The summed E-state index contributed by atoms with van der Waals surface area (Å²) in [6, 6.07) is 5.51. The first-order valence-electron chi connectivity index (χ1n) is 8.61. The Balaban J connectivity index is 1.77. The third kappa shape index (κ3) is 2.26. The van der Waals surface area contributed by atoms with Crippen LogP contribution in [0.2, 0.25) is 0 Å². The Hall–Kier alpha value is -3.55. The van der Waals surface area contributed by atoms with E-state index in [2.05, 4.69) is 25.3 Å². The molecule has 8 heteroatoms. The number of fused-ring (bicyclic) bond motifs is 2. The second-order valence-corrected chi connectivity index (χ2v) is 6.68. The van der Waals surface area contributed by atoms with Gasteiger partial charge in [0.1, 0.15) is 5.82 Å². The number of primary amides is 1. The number of oxazole rings is 1. The SMILES string of the molecule is CNc1ncc(-c2nc3ncccc3o2)c2cc(C3(C(N)=O)CC3)ncc12. The first-order chi connectivity index (χ1) is 13.1. The Morgan fingerprint density at radius 3 is 2.78 bits per heavy atom. The number of pyridine rings is 3. The van der Waals surface area contributed by atoms with E-state index in [1.54, 1.807) is 31.7 Å². The number of amides is 1. The van der Waals surface area contributed by atoms with Gasteiger partial charge in [0.25, 0.3) is 0 Å². The topological polar surface area (TPSA) is 120 Å². The minimum Gasteiger partial charge on any atom is -0.434 e. The summed E-state index contributed by atoms with van der Waals surface area (Å²) in [6.07, 6.45) is 6.52. The highest BCUT2D eigenvalue weighted by atomic mass is 16.3. The third-order valence-electron chi connectivity index (χ3n) is 5.12. The normalized spacial score (nSPS) is 15.1. The maximum atomic E-state index is 11.9. The number of nitrogens with one attached hydrogen (secondary N) is 1. The quantitative estimate of drug-likeness (QED) is 0.573. The van der Waals surface area contributed by atoms with Crippen LogP contribution < -0.4 is 11.1 Å². The average molecular weight is 360 g/mol. The molecule has 0 bridgehead atoms. The Kier molecular flexibility index (Phi) is 3.18. The van der Waals surface area contributed by atoms with Crippen LogP contribution in [0.25, 0.3) is 33.5 Å². The van der Waals surface area contributed by atoms with Crippen molar-refractivity contribution < 1.29 is 9.21 Å². The number of nitrogens with two attached hydrogens (primary N) is 1. The number of carbonyl (C=O) groups excluding carboxylic acids is 1. The molecule has 3 N–H and O–H groups in total. The first-order valence-corrected chi connectivity index (χ1v) is 8.61. The lowest BCUT2D eigenvalue weighted by Crippen LogP contribution is -2.29. The molecule has 4 aromatic heterocycles. The summed E-state index contributed by atoms with van der Waals surface area (Å²) in [4.78, 5) is 29.6. The molecule has 1 saturated carbocycles. The maximum absolute atomic E-state index is 11.9. The molecule has 134 valence electrons. The van der Waals surface area contributed by atoms with E-state index in [9.17, 15) is 4.79 Å². The van der Waals surface area contributed by atoms with Crippen molar-refractivity contribution in [2.24, 2.45) is 5.73 Å². The lowest BCUT2D eigenvalue weighted by molar-refractivity contribution is -0.120. The van der Waals surface area contributed by atoms with Crippen LogP contribution in [0.3, 0.4) is 0 Å². The van der Waals surface area contributed by atoms with Crippen LogP contribution >= 0.6 is 0 Å². The van der Waals surface area contributed by atoms with E-state index in [1.807, 2.05) is 12.1 Å². The molecule has 0 aliphatic heterocycles. The second kappa shape index (κ2) is 5.47. The Morgan fingerprint density at radius 1 is 1.22 bits per heavy atom. The molecule has 1 amide bonds. The van der Waals surface area contributed by atoms with Crippen LogP contribution in [-0.4, -0.2) is 32.9 Å². The largest absolute Gasteiger partial charge is 0.434 e. The number of nitrogens with zero attached hydrogens (tertiary/aromatic N) is 4. The molecule has 0 aromatic carbocycles. The van der Waals surface area contributed by atoms with Gasteiger partial charge in [0.15, 0.2) is 11.2 Å². The van der Waals surface area contributed by atoms with Gasteiger partial charge >= 0.3 is 0 Å². The van der Waals surface area contributed by atoms with Gasteiger partial charge in [0.2, 0.25) is 11.8 Å². The first kappa shape index (κ1) is 15.7. The molecule has 4 aromatic rings. The van der Waals surface area contributed by atoms with E-state index in [4.69, 9.17) is 10.2 Å². The van der Waals surface area contributed by atoms with E-state index >= 15 is 0 Å². The highest BCUT2D eigenvalue weighted by Crippen LogP contribution is 2.48. The van der Waals surface area contributed by atoms with Gasteiger partial charge in [0.05, 0.1) is 16.7 Å². The summed E-state index contributed by atoms with van der Waals surface area (Å²) in [6.45, 7) is 0. The zero-order valence-corrected chi connectivity index (χ0v) is 14.6. The van der Waals surface area contributed by atoms with Crippen molar-refractivity contribution in [1.29, 1.82) is 0 Å². The molecule has 8 nitrogen and oxygen atoms in total. The predicted molar refractivity (Wildman–Crippen MR) is 100.0 cm³/mol. The third-order valence-corrected chi connectivity index (χ3v) is 5.12. The van der Waals surface area contributed by atoms with Crippen molar-refractivity contribution in [3.63, 3.8) is 0 Å². The van der Waals surface area contributed by atoms with E-state index in [0.717, 1.165) is 10.8 Å². The molecule has 27 heavy (non-hydrogen) atoms. The fourth-order valence-electron chi connectivity index (χ4n) is 3.40. The Labute approximate surface area is 153 Å².